The van der Waals surface area contributed by atoms with E-state index < -0.39 is 0 Å². The van der Waals surface area contributed by atoms with Crippen LogP contribution in [-0.2, 0) is 6.54 Å². The van der Waals surface area contributed by atoms with Crippen molar-refractivity contribution in [3.8, 4) is 0 Å². The second-order valence-electron chi connectivity index (χ2n) is 5.89. The Bertz CT molecular complexity index is 830. The zero-order chi connectivity index (χ0) is 16.4. The van der Waals surface area contributed by atoms with E-state index in [1.807, 2.05) is 37.0 Å². The monoisotopic (exact) mass is 310 g/mol. The molecule has 3 rings (SSSR count). The summed E-state index contributed by atoms with van der Waals surface area (Å²) in [7, 11) is 3.67. The third-order valence-electron chi connectivity index (χ3n) is 3.78. The van der Waals surface area contributed by atoms with E-state index >= 15 is 0 Å². The van der Waals surface area contributed by atoms with Gasteiger partial charge in [0.2, 0.25) is 12.4 Å². The number of anilines is 1. The molecule has 0 unspecified atom stereocenters. The highest BCUT2D eigenvalue weighted by atomic mass is 16.6. The van der Waals surface area contributed by atoms with Crippen molar-refractivity contribution >= 4 is 24.8 Å². The van der Waals surface area contributed by atoms with Gasteiger partial charge in [-0.3, -0.25) is 4.84 Å². The van der Waals surface area contributed by atoms with E-state index in [0.717, 1.165) is 28.2 Å². The van der Waals surface area contributed by atoms with E-state index in [-0.39, 0.29) is 0 Å². The van der Waals surface area contributed by atoms with Crippen LogP contribution in [0, 0.1) is 0 Å². The first kappa shape index (κ1) is 15.3. The van der Waals surface area contributed by atoms with Crippen LogP contribution in [0.4, 0.5) is 5.82 Å². The molecule has 0 aromatic carbocycles. The van der Waals surface area contributed by atoms with E-state index in [9.17, 15) is 0 Å². The molecule has 0 spiro atoms. The van der Waals surface area contributed by atoms with Gasteiger partial charge in [0.05, 0.1) is 0 Å². The Balaban J connectivity index is 1.92. The van der Waals surface area contributed by atoms with E-state index in [0.29, 0.717) is 12.5 Å². The molecular formula is C16H21BN5O+. The van der Waals surface area contributed by atoms with Crippen LogP contribution >= 0.6 is 0 Å². The summed E-state index contributed by atoms with van der Waals surface area (Å²) in [5.41, 5.74) is 4.16. The molecule has 23 heavy (non-hydrogen) atoms. The first-order valence-corrected chi connectivity index (χ1v) is 7.72. The normalized spacial score (nSPS) is 11.1. The smallest absolute Gasteiger partial charge is 0.227 e. The molecule has 0 saturated heterocycles. The zero-order valence-electron chi connectivity index (χ0n) is 13.9. The molecule has 0 amide bonds. The summed E-state index contributed by atoms with van der Waals surface area (Å²) in [5.74, 6) is 1.31. The van der Waals surface area contributed by atoms with Gasteiger partial charge in [0.25, 0.3) is 0 Å². The summed E-state index contributed by atoms with van der Waals surface area (Å²) in [6.45, 7) is 4.97. The van der Waals surface area contributed by atoms with E-state index in [1.165, 1.54) is 0 Å². The Labute approximate surface area is 136 Å². The summed E-state index contributed by atoms with van der Waals surface area (Å²) in [6, 6.07) is 6.08. The minimum atomic E-state index is 0.363. The molecule has 0 aliphatic heterocycles. The molecule has 7 heteroatoms. The van der Waals surface area contributed by atoms with Crippen molar-refractivity contribution in [2.45, 2.75) is 26.3 Å². The summed E-state index contributed by atoms with van der Waals surface area (Å²) in [5, 5.41) is 7.88. The van der Waals surface area contributed by atoms with Crippen LogP contribution in [0.2, 0.25) is 0 Å². The van der Waals surface area contributed by atoms with Crippen LogP contribution in [0.1, 0.15) is 31.0 Å². The molecule has 0 saturated carbocycles. The highest BCUT2D eigenvalue weighted by molar-refractivity contribution is 6.36. The van der Waals surface area contributed by atoms with Gasteiger partial charge in [0, 0.05) is 40.9 Å². The van der Waals surface area contributed by atoms with Crippen molar-refractivity contribution in [3.05, 3.63) is 48.0 Å². The summed E-state index contributed by atoms with van der Waals surface area (Å²) >= 11 is 0. The standard InChI is InChI=1S/C16H21BN5O/c1-11(2)14-7-15(22-16(20-14)13(17)9-19-22)18-8-12-5-4-6-21(10-12)23-3/h4-7,9-11,18H,8,17H2,1-3H3/q+1. The molecule has 3 heterocycles. The number of hydrogen-bond acceptors (Lipinski definition) is 4. The lowest BCUT2D eigenvalue weighted by atomic mass is 10.0. The largest absolute Gasteiger partial charge is 0.366 e. The van der Waals surface area contributed by atoms with Crippen LogP contribution in [-0.4, -0.2) is 29.6 Å². The van der Waals surface area contributed by atoms with Gasteiger partial charge >= 0.3 is 0 Å². The topological polar surface area (TPSA) is 55.3 Å². The highest BCUT2D eigenvalue weighted by Gasteiger charge is 2.11. The minimum absolute atomic E-state index is 0.363. The molecule has 0 aliphatic carbocycles. The molecule has 0 atom stereocenters. The van der Waals surface area contributed by atoms with Gasteiger partial charge in [0.15, 0.2) is 5.65 Å². The summed E-state index contributed by atoms with van der Waals surface area (Å²) in [6.07, 6.45) is 5.66. The first-order chi connectivity index (χ1) is 11.1. The third-order valence-corrected chi connectivity index (χ3v) is 3.78. The second kappa shape index (κ2) is 6.28. The lowest BCUT2D eigenvalue weighted by molar-refractivity contribution is -0.885. The number of rotatable bonds is 5. The number of aromatic nitrogens is 4. The lowest BCUT2D eigenvalue weighted by Crippen LogP contribution is -2.40. The molecule has 3 aromatic rings. The molecule has 0 radical (unpaired) electrons. The number of fused-ring (bicyclic) bond motifs is 1. The predicted molar refractivity (Wildman–Crippen MR) is 91.7 cm³/mol. The molecule has 118 valence electrons. The Hall–Kier alpha value is -2.57. The van der Waals surface area contributed by atoms with Crippen LogP contribution in [0.3, 0.4) is 0 Å². The van der Waals surface area contributed by atoms with Crippen LogP contribution in [0.25, 0.3) is 5.65 Å². The zero-order valence-corrected chi connectivity index (χ0v) is 13.9. The maximum atomic E-state index is 5.19. The average molecular weight is 310 g/mol. The van der Waals surface area contributed by atoms with Gasteiger partial charge in [-0.15, -0.1) is 0 Å². The molecule has 0 bridgehead atoms. The number of nitrogens with zero attached hydrogens (tertiary/aromatic N) is 4. The molecular weight excluding hydrogens is 289 g/mol. The van der Waals surface area contributed by atoms with Crippen molar-refractivity contribution in [1.29, 1.82) is 0 Å². The van der Waals surface area contributed by atoms with Gasteiger partial charge in [-0.1, -0.05) is 13.8 Å². The SMILES string of the molecule is Bc1cnn2c(NCc3ccc[n+](OC)c3)cc(C(C)C)nc12. The quantitative estimate of drug-likeness (QED) is 0.535. The van der Waals surface area contributed by atoms with Crippen molar-refractivity contribution in [2.24, 2.45) is 0 Å². The predicted octanol–water partition coefficient (Wildman–Crippen LogP) is 0.0691. The minimum Gasteiger partial charge on any atom is -0.366 e. The average Bonchev–Trinajstić information content (AvgIpc) is 2.94. The molecule has 0 fully saturated rings. The molecule has 0 aliphatic rings. The number of hydrogen-bond donors (Lipinski definition) is 1. The van der Waals surface area contributed by atoms with Crippen LogP contribution < -0.4 is 20.3 Å². The summed E-state index contributed by atoms with van der Waals surface area (Å²) < 4.78 is 3.53. The Morgan fingerprint density at radius 3 is 3.00 bits per heavy atom. The van der Waals surface area contributed by atoms with Gasteiger partial charge in [-0.2, -0.15) is 9.61 Å². The fourth-order valence-electron chi connectivity index (χ4n) is 2.42. The summed E-state index contributed by atoms with van der Waals surface area (Å²) in [4.78, 5) is 9.91. The molecule has 3 aromatic heterocycles. The maximum absolute atomic E-state index is 5.19. The van der Waals surface area contributed by atoms with Crippen molar-refractivity contribution in [1.82, 2.24) is 14.6 Å². The molecule has 1 N–H and O–H groups in total. The van der Waals surface area contributed by atoms with Gasteiger partial charge in [0.1, 0.15) is 20.8 Å². The molecule has 6 nitrogen and oxygen atoms in total. The Morgan fingerprint density at radius 1 is 1.43 bits per heavy atom. The van der Waals surface area contributed by atoms with Gasteiger partial charge < -0.3 is 5.32 Å². The maximum Gasteiger partial charge on any atom is 0.227 e. The van der Waals surface area contributed by atoms with Crippen molar-refractivity contribution in [3.63, 3.8) is 0 Å². The van der Waals surface area contributed by atoms with Crippen molar-refractivity contribution in [2.75, 3.05) is 12.4 Å². The fourth-order valence-corrected chi connectivity index (χ4v) is 2.42. The lowest BCUT2D eigenvalue weighted by Gasteiger charge is -2.12. The van der Waals surface area contributed by atoms with Gasteiger partial charge in [-0.05, 0) is 17.4 Å². The third kappa shape index (κ3) is 3.13. The Kier molecular flexibility index (Phi) is 4.19. The fraction of sp³-hybridized carbons (Fsp3) is 0.312. The van der Waals surface area contributed by atoms with E-state index in [2.05, 4.69) is 36.4 Å². The second-order valence-corrected chi connectivity index (χ2v) is 5.89. The first-order valence-electron chi connectivity index (χ1n) is 7.72. The van der Waals surface area contributed by atoms with Crippen LogP contribution in [0.5, 0.6) is 0 Å². The van der Waals surface area contributed by atoms with Gasteiger partial charge in [-0.25, -0.2) is 4.98 Å². The van der Waals surface area contributed by atoms with Crippen molar-refractivity contribution < 1.29 is 9.57 Å². The Morgan fingerprint density at radius 2 is 2.26 bits per heavy atom. The number of pyridine rings is 1. The van der Waals surface area contributed by atoms with E-state index in [1.54, 1.807) is 11.8 Å². The van der Waals surface area contributed by atoms with E-state index in [4.69, 9.17) is 9.82 Å². The number of nitrogens with one attached hydrogen (secondary N) is 1. The van der Waals surface area contributed by atoms with Crippen LogP contribution in [0.15, 0.2) is 36.8 Å². The highest BCUT2D eigenvalue weighted by Crippen LogP contribution is 2.18.